The van der Waals surface area contributed by atoms with E-state index in [4.69, 9.17) is 5.26 Å². The van der Waals surface area contributed by atoms with Crippen molar-refractivity contribution in [3.63, 3.8) is 0 Å². The molecule has 1 aliphatic heterocycles. The number of nitrogens with zero attached hydrogens (tertiary/aromatic N) is 1. The zero-order valence-electron chi connectivity index (χ0n) is 13.9. The number of rotatable bonds is 2. The summed E-state index contributed by atoms with van der Waals surface area (Å²) < 4.78 is 38.8. The zero-order valence-corrected chi connectivity index (χ0v) is 13.9. The van der Waals surface area contributed by atoms with E-state index in [1.54, 1.807) is 31.2 Å². The first-order valence-electron chi connectivity index (χ1n) is 7.98. The molecule has 0 spiro atoms. The van der Waals surface area contributed by atoms with Crippen molar-refractivity contribution in [1.29, 1.82) is 5.26 Å². The Hall–Kier alpha value is -3.07. The number of carbonyl (C=O) groups excluding carboxylic acids is 1. The second-order valence-corrected chi connectivity index (χ2v) is 6.20. The minimum absolute atomic E-state index is 0.258. The van der Waals surface area contributed by atoms with Crippen LogP contribution in [0, 0.1) is 11.3 Å². The molecule has 0 saturated heterocycles. The van der Waals surface area contributed by atoms with Crippen LogP contribution in [-0.2, 0) is 11.0 Å². The van der Waals surface area contributed by atoms with Crippen molar-refractivity contribution in [2.75, 3.05) is 0 Å². The third-order valence-corrected chi connectivity index (χ3v) is 4.39. The molecule has 2 aromatic rings. The Bertz CT molecular complexity index is 921. The maximum atomic E-state index is 12.9. The summed E-state index contributed by atoms with van der Waals surface area (Å²) in [7, 11) is 0. The molecule has 1 heterocycles. The largest absolute Gasteiger partial charge is 0.416 e. The Morgan fingerprint density at radius 2 is 1.85 bits per heavy atom. The molecule has 3 rings (SSSR count). The Morgan fingerprint density at radius 3 is 2.42 bits per heavy atom. The van der Waals surface area contributed by atoms with Gasteiger partial charge in [-0.05, 0) is 48.7 Å². The summed E-state index contributed by atoms with van der Waals surface area (Å²) in [5.74, 6) is -0.401. The molecular formula is C20H15F3N2O. The van der Waals surface area contributed by atoms with Crippen LogP contribution in [0.4, 0.5) is 13.2 Å². The molecule has 1 aliphatic rings. The summed E-state index contributed by atoms with van der Waals surface area (Å²) in [5, 5.41) is 11.7. The van der Waals surface area contributed by atoms with Crippen LogP contribution in [0.3, 0.4) is 0 Å². The molecule has 0 saturated carbocycles. The van der Waals surface area contributed by atoms with Crippen LogP contribution >= 0.6 is 0 Å². The van der Waals surface area contributed by atoms with Crippen LogP contribution in [0.1, 0.15) is 41.6 Å². The highest BCUT2D eigenvalue weighted by atomic mass is 19.4. The molecule has 0 aromatic heterocycles. The van der Waals surface area contributed by atoms with E-state index in [1.807, 2.05) is 6.07 Å². The number of hydrogen-bond donors (Lipinski definition) is 1. The number of amides is 1. The Morgan fingerprint density at radius 1 is 1.15 bits per heavy atom. The number of nitriles is 1. The predicted molar refractivity (Wildman–Crippen MR) is 90.7 cm³/mol. The van der Waals surface area contributed by atoms with Crippen LogP contribution in [0.25, 0.3) is 5.57 Å². The highest BCUT2D eigenvalue weighted by molar-refractivity contribution is 6.21. The summed E-state index contributed by atoms with van der Waals surface area (Å²) in [6.45, 7) is 1.75. The number of carbonyl (C=O) groups is 1. The first kappa shape index (κ1) is 17.7. The van der Waals surface area contributed by atoms with Gasteiger partial charge in [0.1, 0.15) is 0 Å². The van der Waals surface area contributed by atoms with Crippen molar-refractivity contribution in [3.05, 3.63) is 76.4 Å². The molecule has 0 unspecified atom stereocenters. The fourth-order valence-electron chi connectivity index (χ4n) is 3.10. The molecule has 3 nitrogen and oxygen atoms in total. The Balaban J connectivity index is 1.93. The standard InChI is InChI=1S/C20H15F3N2O/c1-12-9-17(14-7-5-13(11-24)6-8-14)25-19(26)18(12)15-3-2-4-16(10-15)20(21,22)23/h2-8,10,17H,9H2,1H3,(H,25,26)/t17-/m0/s1. The molecule has 1 amide bonds. The fourth-order valence-corrected chi connectivity index (χ4v) is 3.10. The van der Waals surface area contributed by atoms with Crippen LogP contribution in [0.15, 0.2) is 54.1 Å². The lowest BCUT2D eigenvalue weighted by atomic mass is 9.88. The van der Waals surface area contributed by atoms with E-state index < -0.39 is 17.6 Å². The first-order valence-corrected chi connectivity index (χ1v) is 7.98. The van der Waals surface area contributed by atoms with Crippen molar-refractivity contribution in [1.82, 2.24) is 5.32 Å². The SMILES string of the molecule is CC1=C(c2cccc(C(F)(F)F)c2)C(=O)N[C@H](c2ccc(C#N)cc2)C1. The monoisotopic (exact) mass is 356 g/mol. The molecule has 1 atom stereocenters. The second-order valence-electron chi connectivity index (χ2n) is 6.20. The number of hydrogen-bond acceptors (Lipinski definition) is 2. The van der Waals surface area contributed by atoms with Gasteiger partial charge in [0.2, 0.25) is 0 Å². The van der Waals surface area contributed by atoms with Crippen molar-refractivity contribution in [2.24, 2.45) is 0 Å². The van der Waals surface area contributed by atoms with E-state index in [2.05, 4.69) is 5.32 Å². The summed E-state index contributed by atoms with van der Waals surface area (Å²) in [4.78, 5) is 12.6. The molecule has 6 heteroatoms. The summed E-state index contributed by atoms with van der Waals surface area (Å²) in [6, 6.07) is 13.4. The molecule has 0 radical (unpaired) electrons. The lowest BCUT2D eigenvalue weighted by Crippen LogP contribution is -2.34. The molecule has 26 heavy (non-hydrogen) atoms. The molecule has 0 bridgehead atoms. The maximum Gasteiger partial charge on any atom is 0.416 e. The van der Waals surface area contributed by atoms with Crippen LogP contribution in [-0.4, -0.2) is 5.91 Å². The summed E-state index contributed by atoms with van der Waals surface area (Å²) in [5.41, 5.74) is 1.85. The van der Waals surface area contributed by atoms with Gasteiger partial charge in [0, 0.05) is 5.57 Å². The molecule has 0 aliphatic carbocycles. The van der Waals surface area contributed by atoms with Crippen molar-refractivity contribution in [3.8, 4) is 6.07 Å². The topological polar surface area (TPSA) is 52.9 Å². The second kappa shape index (κ2) is 6.68. The van der Waals surface area contributed by atoms with Crippen molar-refractivity contribution in [2.45, 2.75) is 25.6 Å². The first-order chi connectivity index (χ1) is 12.3. The highest BCUT2D eigenvalue weighted by Gasteiger charge is 2.32. The van der Waals surface area contributed by atoms with Gasteiger partial charge < -0.3 is 5.32 Å². The van der Waals surface area contributed by atoms with E-state index >= 15 is 0 Å². The Kier molecular flexibility index (Phi) is 4.56. The van der Waals surface area contributed by atoms with Gasteiger partial charge in [-0.2, -0.15) is 18.4 Å². The van der Waals surface area contributed by atoms with Gasteiger partial charge in [-0.3, -0.25) is 4.79 Å². The predicted octanol–water partition coefficient (Wildman–Crippen LogP) is 4.61. The molecular weight excluding hydrogens is 341 g/mol. The van der Waals surface area contributed by atoms with Gasteiger partial charge in [0.05, 0.1) is 23.2 Å². The van der Waals surface area contributed by atoms with Crippen molar-refractivity contribution < 1.29 is 18.0 Å². The molecule has 0 fully saturated rings. The highest BCUT2D eigenvalue weighted by Crippen LogP contribution is 2.35. The summed E-state index contributed by atoms with van der Waals surface area (Å²) in [6.07, 6.45) is -3.97. The zero-order chi connectivity index (χ0) is 18.9. The van der Waals surface area contributed by atoms with E-state index in [1.165, 1.54) is 12.1 Å². The van der Waals surface area contributed by atoms with Gasteiger partial charge in [0.15, 0.2) is 0 Å². The average molecular weight is 356 g/mol. The normalized spacial score (nSPS) is 17.7. The fraction of sp³-hybridized carbons (Fsp3) is 0.200. The maximum absolute atomic E-state index is 12.9. The number of benzene rings is 2. The van der Waals surface area contributed by atoms with Crippen molar-refractivity contribution >= 4 is 11.5 Å². The third-order valence-electron chi connectivity index (χ3n) is 4.39. The van der Waals surface area contributed by atoms with E-state index in [0.717, 1.165) is 23.3 Å². The molecule has 1 N–H and O–H groups in total. The van der Waals surface area contributed by atoms with E-state index in [9.17, 15) is 18.0 Å². The third kappa shape index (κ3) is 3.47. The van der Waals surface area contributed by atoms with Gasteiger partial charge in [-0.25, -0.2) is 0 Å². The van der Waals surface area contributed by atoms with Gasteiger partial charge in [0.25, 0.3) is 5.91 Å². The number of halogens is 3. The minimum atomic E-state index is -4.46. The van der Waals surface area contributed by atoms with Crippen LogP contribution in [0.5, 0.6) is 0 Å². The smallest absolute Gasteiger partial charge is 0.345 e. The molecule has 2 aromatic carbocycles. The van der Waals surface area contributed by atoms with Gasteiger partial charge in [-0.1, -0.05) is 29.8 Å². The lowest BCUT2D eigenvalue weighted by Gasteiger charge is -2.27. The van der Waals surface area contributed by atoms with Crippen LogP contribution in [0.2, 0.25) is 0 Å². The minimum Gasteiger partial charge on any atom is -0.345 e. The average Bonchev–Trinajstić information content (AvgIpc) is 2.61. The molecule has 132 valence electrons. The van der Waals surface area contributed by atoms with Gasteiger partial charge in [-0.15, -0.1) is 0 Å². The Labute approximate surface area is 148 Å². The number of nitrogens with one attached hydrogen (secondary N) is 1. The lowest BCUT2D eigenvalue weighted by molar-refractivity contribution is -0.137. The van der Waals surface area contributed by atoms with E-state index in [-0.39, 0.29) is 17.2 Å². The van der Waals surface area contributed by atoms with Crippen LogP contribution < -0.4 is 5.32 Å². The quantitative estimate of drug-likeness (QED) is 0.854. The van der Waals surface area contributed by atoms with E-state index in [0.29, 0.717) is 12.0 Å². The summed E-state index contributed by atoms with van der Waals surface area (Å²) >= 11 is 0. The number of alkyl halides is 3. The van der Waals surface area contributed by atoms with Gasteiger partial charge >= 0.3 is 6.18 Å².